The molecule has 3 fully saturated rings. The van der Waals surface area contributed by atoms with E-state index in [4.69, 9.17) is 9.47 Å². The lowest BCUT2D eigenvalue weighted by atomic mass is 9.73. The first-order valence-corrected chi connectivity index (χ1v) is 14.8. The first-order chi connectivity index (χ1) is 17.9. The molecule has 9 nitrogen and oxygen atoms in total. The molecule has 0 aromatic rings. The Labute approximate surface area is 228 Å². The third-order valence-corrected chi connectivity index (χ3v) is 8.71. The van der Waals surface area contributed by atoms with E-state index in [1.165, 1.54) is 19.3 Å². The summed E-state index contributed by atoms with van der Waals surface area (Å²) in [5.41, 5.74) is -0.679. The van der Waals surface area contributed by atoms with Gasteiger partial charge in [0, 0.05) is 29.0 Å². The molecule has 1 aliphatic heterocycles. The zero-order chi connectivity index (χ0) is 28.0. The molecule has 0 bridgehead atoms. The third kappa shape index (κ3) is 8.31. The van der Waals surface area contributed by atoms with E-state index in [1.54, 1.807) is 13.8 Å². The van der Waals surface area contributed by atoms with Gasteiger partial charge in [0.2, 0.25) is 5.91 Å². The van der Waals surface area contributed by atoms with Gasteiger partial charge in [-0.25, -0.2) is 4.79 Å². The van der Waals surface area contributed by atoms with Gasteiger partial charge in [0.1, 0.15) is 6.10 Å². The lowest BCUT2D eigenvalue weighted by Crippen LogP contribution is -2.61. The summed E-state index contributed by atoms with van der Waals surface area (Å²) >= 11 is 0. The van der Waals surface area contributed by atoms with E-state index in [-0.39, 0.29) is 35.9 Å². The van der Waals surface area contributed by atoms with Crippen LogP contribution in [0, 0.1) is 11.3 Å². The van der Waals surface area contributed by atoms with Gasteiger partial charge in [-0.3, -0.25) is 9.59 Å². The van der Waals surface area contributed by atoms with E-state index in [9.17, 15) is 19.5 Å². The number of hydrogen-bond donors (Lipinski definition) is 4. The van der Waals surface area contributed by atoms with E-state index in [2.05, 4.69) is 22.9 Å². The van der Waals surface area contributed by atoms with Crippen molar-refractivity contribution >= 4 is 17.9 Å². The predicted molar refractivity (Wildman–Crippen MR) is 146 cm³/mol. The molecule has 3 aliphatic rings. The Morgan fingerprint density at radius 1 is 1.00 bits per heavy atom. The van der Waals surface area contributed by atoms with Crippen molar-refractivity contribution in [3.63, 3.8) is 0 Å². The summed E-state index contributed by atoms with van der Waals surface area (Å²) < 4.78 is 11.7. The minimum absolute atomic E-state index is 0.116. The molecular formula is C29H51N3O6. The molecule has 0 spiro atoms. The second-order valence-electron chi connectivity index (χ2n) is 13.0. The quantitative estimate of drug-likeness (QED) is 0.263. The van der Waals surface area contributed by atoms with Crippen LogP contribution >= 0.6 is 0 Å². The maximum Gasteiger partial charge on any atom is 0.315 e. The van der Waals surface area contributed by atoms with E-state index in [0.29, 0.717) is 6.61 Å². The summed E-state index contributed by atoms with van der Waals surface area (Å²) in [5.74, 6) is -2.38. The Balaban J connectivity index is 1.67. The van der Waals surface area contributed by atoms with Crippen molar-refractivity contribution in [1.29, 1.82) is 0 Å². The second kappa shape index (κ2) is 13.0. The molecule has 3 amide bonds. The van der Waals surface area contributed by atoms with Crippen LogP contribution in [0.25, 0.3) is 0 Å². The van der Waals surface area contributed by atoms with Crippen LogP contribution in [-0.2, 0) is 19.1 Å². The van der Waals surface area contributed by atoms with E-state index in [0.717, 1.165) is 57.8 Å². The zero-order valence-electron chi connectivity index (χ0n) is 24.2. The summed E-state index contributed by atoms with van der Waals surface area (Å²) in [6.45, 7) is 9.92. The van der Waals surface area contributed by atoms with Gasteiger partial charge >= 0.3 is 12.0 Å². The lowest BCUT2D eigenvalue weighted by Gasteiger charge is -2.46. The third-order valence-electron chi connectivity index (χ3n) is 8.71. The molecular weight excluding hydrogens is 486 g/mol. The molecule has 0 aromatic carbocycles. The van der Waals surface area contributed by atoms with Crippen molar-refractivity contribution in [2.75, 3.05) is 6.61 Å². The van der Waals surface area contributed by atoms with E-state index >= 15 is 0 Å². The van der Waals surface area contributed by atoms with Crippen molar-refractivity contribution in [2.45, 2.75) is 148 Å². The van der Waals surface area contributed by atoms with E-state index < -0.39 is 29.3 Å². The van der Waals surface area contributed by atoms with Crippen molar-refractivity contribution < 1.29 is 29.0 Å². The Hall–Kier alpha value is -1.87. The number of urea groups is 1. The fourth-order valence-electron chi connectivity index (χ4n) is 6.27. The van der Waals surface area contributed by atoms with Crippen LogP contribution in [0.4, 0.5) is 4.79 Å². The summed E-state index contributed by atoms with van der Waals surface area (Å²) in [6.07, 6.45) is 11.3. The van der Waals surface area contributed by atoms with Crippen LogP contribution in [0.5, 0.6) is 0 Å². The maximum absolute atomic E-state index is 13.5. The maximum atomic E-state index is 13.5. The number of nitrogens with one attached hydrogen (secondary N) is 3. The molecule has 2 aliphatic carbocycles. The molecule has 9 heteroatoms. The predicted octanol–water partition coefficient (Wildman–Crippen LogP) is 4.87. The number of aliphatic carboxylic acids is 1. The van der Waals surface area contributed by atoms with Gasteiger partial charge < -0.3 is 30.5 Å². The highest BCUT2D eigenvalue weighted by Crippen LogP contribution is 2.37. The molecule has 0 radical (unpaired) electrons. The molecule has 218 valence electrons. The minimum atomic E-state index is -0.975. The number of amides is 3. The Kier molecular flexibility index (Phi) is 10.5. The molecule has 38 heavy (non-hydrogen) atoms. The van der Waals surface area contributed by atoms with Gasteiger partial charge in [-0.1, -0.05) is 59.3 Å². The highest BCUT2D eigenvalue weighted by molar-refractivity contribution is 5.83. The average Bonchev–Trinajstić information content (AvgIpc) is 2.81. The zero-order valence-corrected chi connectivity index (χ0v) is 24.2. The number of carbonyl (C=O) groups is 3. The minimum Gasteiger partial charge on any atom is -0.481 e. The van der Waals surface area contributed by atoms with E-state index in [1.807, 2.05) is 13.8 Å². The fourth-order valence-corrected chi connectivity index (χ4v) is 6.27. The van der Waals surface area contributed by atoms with Gasteiger partial charge in [-0.15, -0.1) is 0 Å². The Bertz CT molecular complexity index is 825. The van der Waals surface area contributed by atoms with Gasteiger partial charge in [0.25, 0.3) is 0 Å². The SMILES string of the molecule is CCCCCCC1(NC(=O)NC2CCCCC2C(CC(=O)O)NC(=O)C2OC(C)(C)OCC2(C)C)CCC1. The van der Waals surface area contributed by atoms with Crippen molar-refractivity contribution in [1.82, 2.24) is 16.0 Å². The van der Waals surface area contributed by atoms with Crippen LogP contribution in [-0.4, -0.2) is 59.1 Å². The topological polar surface area (TPSA) is 126 Å². The molecule has 4 unspecified atom stereocenters. The van der Waals surface area contributed by atoms with Gasteiger partial charge in [0.05, 0.1) is 13.0 Å². The summed E-state index contributed by atoms with van der Waals surface area (Å²) in [5, 5.41) is 19.2. The van der Waals surface area contributed by atoms with Gasteiger partial charge in [0.15, 0.2) is 5.79 Å². The average molecular weight is 538 g/mol. The molecule has 4 atom stereocenters. The number of carboxylic acids is 1. The summed E-state index contributed by atoms with van der Waals surface area (Å²) in [6, 6.07) is -0.985. The number of carbonyl (C=O) groups excluding carboxylic acids is 2. The van der Waals surface area contributed by atoms with Gasteiger partial charge in [-0.05, 0) is 52.4 Å². The van der Waals surface area contributed by atoms with Crippen LogP contribution in [0.1, 0.15) is 118 Å². The van der Waals surface area contributed by atoms with Crippen molar-refractivity contribution in [3.05, 3.63) is 0 Å². The first kappa shape index (κ1) is 30.7. The number of unbranched alkanes of at least 4 members (excludes halogenated alkanes) is 3. The van der Waals surface area contributed by atoms with Crippen LogP contribution < -0.4 is 16.0 Å². The van der Waals surface area contributed by atoms with Crippen molar-refractivity contribution in [2.24, 2.45) is 11.3 Å². The molecule has 2 saturated carbocycles. The van der Waals surface area contributed by atoms with Crippen LogP contribution in [0.3, 0.4) is 0 Å². The molecule has 3 rings (SSSR count). The number of rotatable bonds is 12. The Morgan fingerprint density at radius 2 is 1.71 bits per heavy atom. The second-order valence-corrected chi connectivity index (χ2v) is 13.0. The molecule has 1 saturated heterocycles. The monoisotopic (exact) mass is 537 g/mol. The smallest absolute Gasteiger partial charge is 0.315 e. The van der Waals surface area contributed by atoms with Crippen LogP contribution in [0.15, 0.2) is 0 Å². The first-order valence-electron chi connectivity index (χ1n) is 14.8. The molecule has 4 N–H and O–H groups in total. The lowest BCUT2D eigenvalue weighted by molar-refractivity contribution is -0.304. The molecule has 1 heterocycles. The fraction of sp³-hybridized carbons (Fsp3) is 0.897. The Morgan fingerprint density at radius 3 is 2.34 bits per heavy atom. The standard InChI is InChI=1S/C29H51N3O6/c1-6-7-8-11-15-29(16-12-17-29)32-26(36)31-21-14-10-9-13-20(21)22(18-23(33)34)30-25(35)24-27(2,3)19-37-28(4,5)38-24/h20-22,24H,6-19H2,1-5H3,(H,30,35)(H,33,34)(H2,31,32,36). The van der Waals surface area contributed by atoms with Crippen molar-refractivity contribution in [3.8, 4) is 0 Å². The van der Waals surface area contributed by atoms with Crippen LogP contribution in [0.2, 0.25) is 0 Å². The highest BCUT2D eigenvalue weighted by Gasteiger charge is 2.47. The highest BCUT2D eigenvalue weighted by atomic mass is 16.7. The van der Waals surface area contributed by atoms with Gasteiger partial charge in [-0.2, -0.15) is 0 Å². The number of ether oxygens (including phenoxy) is 2. The number of carboxylic acid groups (broad SMARTS) is 1. The molecule has 0 aromatic heterocycles. The normalized spacial score (nSPS) is 28.4. The number of hydrogen-bond acceptors (Lipinski definition) is 5. The largest absolute Gasteiger partial charge is 0.481 e. The summed E-state index contributed by atoms with van der Waals surface area (Å²) in [4.78, 5) is 38.5. The summed E-state index contributed by atoms with van der Waals surface area (Å²) in [7, 11) is 0.